The number of hydrogen-bond donors (Lipinski definition) is 3. The lowest BCUT2D eigenvalue weighted by molar-refractivity contribution is -0.131. The first kappa shape index (κ1) is 18.6. The second-order valence-electron chi connectivity index (χ2n) is 7.00. The van der Waals surface area contributed by atoms with Crippen molar-refractivity contribution in [3.8, 4) is 0 Å². The second kappa shape index (κ2) is 7.23. The van der Waals surface area contributed by atoms with Gasteiger partial charge in [0.05, 0.1) is 0 Å². The molecule has 0 heterocycles. The first-order valence-electron chi connectivity index (χ1n) is 8.88. The summed E-state index contributed by atoms with van der Waals surface area (Å²) in [7, 11) is 0. The highest BCUT2D eigenvalue weighted by molar-refractivity contribution is 6.17. The molecule has 1 aliphatic rings. The highest BCUT2D eigenvalue weighted by Crippen LogP contribution is 2.47. The van der Waals surface area contributed by atoms with Gasteiger partial charge >= 0.3 is 0 Å². The molecule has 140 valence electrons. The van der Waals surface area contributed by atoms with Crippen LogP contribution in [0.5, 0.6) is 0 Å². The molecule has 6 nitrogen and oxygen atoms in total. The first-order chi connectivity index (χ1) is 12.8. The zero-order chi connectivity index (χ0) is 19.6. The number of benzene rings is 2. The lowest BCUT2D eigenvalue weighted by atomic mass is 10.0. The van der Waals surface area contributed by atoms with Gasteiger partial charge in [0.2, 0.25) is 17.7 Å². The molecule has 0 aliphatic heterocycles. The molecule has 3 N–H and O–H groups in total. The summed E-state index contributed by atoms with van der Waals surface area (Å²) in [5, 5.41) is 8.37. The third-order valence-electron chi connectivity index (χ3n) is 4.91. The van der Waals surface area contributed by atoms with E-state index in [4.69, 9.17) is 0 Å². The predicted molar refractivity (Wildman–Crippen MR) is 106 cm³/mol. The van der Waals surface area contributed by atoms with Gasteiger partial charge < -0.3 is 16.0 Å². The molecule has 3 rings (SSSR count). The quantitative estimate of drug-likeness (QED) is 0.707. The van der Waals surface area contributed by atoms with Crippen molar-refractivity contribution in [1.29, 1.82) is 0 Å². The zero-order valence-electron chi connectivity index (χ0n) is 15.7. The third-order valence-corrected chi connectivity index (χ3v) is 4.91. The lowest BCUT2D eigenvalue weighted by Gasteiger charge is -2.17. The molecule has 0 saturated heterocycles. The van der Waals surface area contributed by atoms with Gasteiger partial charge in [-0.05, 0) is 62.1 Å². The van der Waals surface area contributed by atoms with Crippen molar-refractivity contribution in [2.24, 2.45) is 5.41 Å². The van der Waals surface area contributed by atoms with E-state index in [0.29, 0.717) is 24.2 Å². The molecule has 0 radical (unpaired) electrons. The fourth-order valence-corrected chi connectivity index (χ4v) is 2.94. The van der Waals surface area contributed by atoms with E-state index in [1.54, 1.807) is 24.3 Å². The Balaban J connectivity index is 1.72. The van der Waals surface area contributed by atoms with Gasteiger partial charge in [-0.3, -0.25) is 14.4 Å². The van der Waals surface area contributed by atoms with E-state index in [0.717, 1.165) is 16.8 Å². The molecule has 6 heteroatoms. The number of aryl methyl sites for hydroxylation is 1. The van der Waals surface area contributed by atoms with Crippen LogP contribution < -0.4 is 16.0 Å². The molecule has 1 fully saturated rings. The van der Waals surface area contributed by atoms with E-state index >= 15 is 0 Å². The van der Waals surface area contributed by atoms with E-state index in [9.17, 15) is 14.4 Å². The van der Waals surface area contributed by atoms with Crippen LogP contribution in [0.2, 0.25) is 0 Å². The standard InChI is InChI=1S/C21H23N3O3/c1-13-6-4-9-18(14(13)2)24-20(27)21(10-11-21)19(26)23-17-8-5-7-16(12-17)22-15(3)25/h4-9,12H,10-11H2,1-3H3,(H,22,25)(H,23,26)(H,24,27). The van der Waals surface area contributed by atoms with Crippen LogP contribution in [0.3, 0.4) is 0 Å². The van der Waals surface area contributed by atoms with Crippen molar-refractivity contribution < 1.29 is 14.4 Å². The minimum absolute atomic E-state index is 0.190. The van der Waals surface area contributed by atoms with Crippen LogP contribution in [0.4, 0.5) is 17.1 Å². The van der Waals surface area contributed by atoms with Crippen LogP contribution in [-0.4, -0.2) is 17.7 Å². The van der Waals surface area contributed by atoms with E-state index in [1.807, 2.05) is 32.0 Å². The Morgan fingerprint density at radius 3 is 2.07 bits per heavy atom. The van der Waals surface area contributed by atoms with Crippen LogP contribution in [0, 0.1) is 19.3 Å². The van der Waals surface area contributed by atoms with Crippen LogP contribution >= 0.6 is 0 Å². The van der Waals surface area contributed by atoms with Gasteiger partial charge in [0.1, 0.15) is 5.41 Å². The molecule has 2 aromatic rings. The summed E-state index contributed by atoms with van der Waals surface area (Å²) in [6, 6.07) is 12.6. The molecule has 2 aromatic carbocycles. The van der Waals surface area contributed by atoms with Gasteiger partial charge in [-0.1, -0.05) is 18.2 Å². The number of carbonyl (C=O) groups is 3. The largest absolute Gasteiger partial charge is 0.326 e. The molecule has 3 amide bonds. The lowest BCUT2D eigenvalue weighted by Crippen LogP contribution is -2.35. The number of anilines is 3. The Bertz CT molecular complexity index is 917. The number of nitrogens with one attached hydrogen (secondary N) is 3. The van der Waals surface area contributed by atoms with Gasteiger partial charge in [-0.25, -0.2) is 0 Å². The van der Waals surface area contributed by atoms with Crippen molar-refractivity contribution >= 4 is 34.8 Å². The number of hydrogen-bond acceptors (Lipinski definition) is 3. The third kappa shape index (κ3) is 4.00. The topological polar surface area (TPSA) is 87.3 Å². The first-order valence-corrected chi connectivity index (χ1v) is 8.88. The zero-order valence-corrected chi connectivity index (χ0v) is 15.7. The normalized spacial score (nSPS) is 14.2. The molecule has 27 heavy (non-hydrogen) atoms. The molecule has 0 bridgehead atoms. The molecule has 0 spiro atoms. The van der Waals surface area contributed by atoms with E-state index in [-0.39, 0.29) is 17.7 Å². The average molecular weight is 365 g/mol. The van der Waals surface area contributed by atoms with Gasteiger partial charge in [-0.15, -0.1) is 0 Å². The van der Waals surface area contributed by atoms with Crippen molar-refractivity contribution in [3.63, 3.8) is 0 Å². The summed E-state index contributed by atoms with van der Waals surface area (Å²) in [5.41, 5.74) is 2.89. The Morgan fingerprint density at radius 1 is 0.852 bits per heavy atom. The van der Waals surface area contributed by atoms with E-state index in [1.165, 1.54) is 6.92 Å². The van der Waals surface area contributed by atoms with Crippen LogP contribution in [0.15, 0.2) is 42.5 Å². The van der Waals surface area contributed by atoms with Gasteiger partial charge in [0.25, 0.3) is 0 Å². The second-order valence-corrected chi connectivity index (χ2v) is 7.00. The summed E-state index contributed by atoms with van der Waals surface area (Å²) in [6.45, 7) is 5.34. The van der Waals surface area contributed by atoms with Crippen molar-refractivity contribution in [1.82, 2.24) is 0 Å². The molecule has 1 aliphatic carbocycles. The maximum atomic E-state index is 12.8. The minimum atomic E-state index is -1.04. The highest BCUT2D eigenvalue weighted by Gasteiger charge is 2.56. The van der Waals surface area contributed by atoms with E-state index in [2.05, 4.69) is 16.0 Å². The van der Waals surface area contributed by atoms with Gasteiger partial charge in [-0.2, -0.15) is 0 Å². The molecule has 0 unspecified atom stereocenters. The Hall–Kier alpha value is -3.15. The maximum absolute atomic E-state index is 12.8. The Labute approximate surface area is 158 Å². The molecule has 1 saturated carbocycles. The van der Waals surface area contributed by atoms with Gasteiger partial charge in [0.15, 0.2) is 0 Å². The smallest absolute Gasteiger partial charge is 0.240 e. The summed E-state index contributed by atoms with van der Waals surface area (Å²) in [5.74, 6) is -0.804. The van der Waals surface area contributed by atoms with E-state index < -0.39 is 5.41 Å². The molecule has 0 aromatic heterocycles. The monoisotopic (exact) mass is 365 g/mol. The number of amides is 3. The predicted octanol–water partition coefficient (Wildman–Crippen LogP) is 3.62. The van der Waals surface area contributed by atoms with Gasteiger partial charge in [0, 0.05) is 24.0 Å². The fourth-order valence-electron chi connectivity index (χ4n) is 2.94. The average Bonchev–Trinajstić information content (AvgIpc) is 3.41. The molecular weight excluding hydrogens is 342 g/mol. The Kier molecular flexibility index (Phi) is 4.99. The minimum Gasteiger partial charge on any atom is -0.326 e. The van der Waals surface area contributed by atoms with Crippen molar-refractivity contribution in [2.45, 2.75) is 33.6 Å². The summed E-state index contributed by atoms with van der Waals surface area (Å²) in [4.78, 5) is 36.7. The van der Waals surface area contributed by atoms with Crippen LogP contribution in [-0.2, 0) is 14.4 Å². The SMILES string of the molecule is CC(=O)Nc1cccc(NC(=O)C2(C(=O)Nc3cccc(C)c3C)CC2)c1. The van der Waals surface area contributed by atoms with Crippen molar-refractivity contribution in [3.05, 3.63) is 53.6 Å². The molecule has 0 atom stereocenters. The fraction of sp³-hybridized carbons (Fsp3) is 0.286. The highest BCUT2D eigenvalue weighted by atomic mass is 16.2. The van der Waals surface area contributed by atoms with Crippen molar-refractivity contribution in [2.75, 3.05) is 16.0 Å². The Morgan fingerprint density at radius 2 is 1.44 bits per heavy atom. The molecular formula is C21H23N3O3. The number of rotatable bonds is 5. The number of carbonyl (C=O) groups excluding carboxylic acids is 3. The van der Waals surface area contributed by atoms with Crippen LogP contribution in [0.1, 0.15) is 30.9 Å². The maximum Gasteiger partial charge on any atom is 0.240 e. The summed E-state index contributed by atoms with van der Waals surface area (Å²) in [6.07, 6.45) is 1.03. The summed E-state index contributed by atoms with van der Waals surface area (Å²) >= 11 is 0. The summed E-state index contributed by atoms with van der Waals surface area (Å²) < 4.78 is 0. The van der Waals surface area contributed by atoms with Crippen LogP contribution in [0.25, 0.3) is 0 Å².